The highest BCUT2D eigenvalue weighted by molar-refractivity contribution is 7.98. The Kier molecular flexibility index (Phi) is 6.33. The van der Waals surface area contributed by atoms with Crippen molar-refractivity contribution in [2.45, 2.75) is 42.1 Å². The molecular weight excluding hydrogens is 458 g/mol. The maximum atomic E-state index is 11.7. The van der Waals surface area contributed by atoms with E-state index in [0.29, 0.717) is 33.6 Å². The average Bonchev–Trinajstić information content (AvgIpc) is 3.34. The number of halogens is 1. The van der Waals surface area contributed by atoms with Crippen LogP contribution in [0.4, 0.5) is 0 Å². The van der Waals surface area contributed by atoms with Gasteiger partial charge in [0, 0.05) is 12.1 Å². The summed E-state index contributed by atoms with van der Waals surface area (Å²) in [6.45, 7) is 2.87. The molecule has 4 aromatic rings. The largest absolute Gasteiger partial charge is 0.338 e. The van der Waals surface area contributed by atoms with Crippen molar-refractivity contribution < 1.29 is 12.9 Å². The molecule has 0 atom stereocenters. The first-order valence-electron chi connectivity index (χ1n) is 9.60. The van der Waals surface area contributed by atoms with Crippen molar-refractivity contribution >= 4 is 44.4 Å². The molecule has 2 N–H and O–H groups in total. The molecule has 4 rings (SSSR count). The minimum atomic E-state index is -3.80. The van der Waals surface area contributed by atoms with E-state index in [2.05, 4.69) is 26.6 Å². The summed E-state index contributed by atoms with van der Waals surface area (Å²) in [6, 6.07) is 12.0. The fraction of sp³-hybridized carbons (Fsp3) is 0.250. The second kappa shape index (κ2) is 8.99. The third-order valence-corrected chi connectivity index (χ3v) is 6.86. The number of nitrogens with zero attached hydrogens (tertiary/aromatic N) is 4. The lowest BCUT2D eigenvalue weighted by Crippen LogP contribution is -2.11. The summed E-state index contributed by atoms with van der Waals surface area (Å²) < 4.78 is 30.8. The number of hydrogen-bond acceptors (Lipinski definition) is 7. The minimum Gasteiger partial charge on any atom is -0.338 e. The first kappa shape index (κ1) is 21.8. The van der Waals surface area contributed by atoms with Crippen LogP contribution in [-0.2, 0) is 22.3 Å². The molecule has 0 aliphatic heterocycles. The van der Waals surface area contributed by atoms with Crippen molar-refractivity contribution in [1.29, 1.82) is 0 Å². The molecule has 0 bridgehead atoms. The number of hydrogen-bond donors (Lipinski definition) is 1. The highest BCUT2D eigenvalue weighted by atomic mass is 35.5. The van der Waals surface area contributed by atoms with Gasteiger partial charge in [-0.2, -0.15) is 4.98 Å². The predicted octanol–water partition coefficient (Wildman–Crippen LogP) is 4.48. The van der Waals surface area contributed by atoms with E-state index in [0.717, 1.165) is 30.1 Å². The number of aryl methyl sites for hydroxylation is 1. The standard InChI is InChI=1S/C20H20ClN5O3S2/c1-2-3-10-26-17-9-8-13(31(22,27)28)11-16(17)23-20(26)30-12-18-24-19(25-29-18)14-6-4-5-7-15(14)21/h4-9,11H,2-3,10,12H2,1H3,(H2,22,27,28). The summed E-state index contributed by atoms with van der Waals surface area (Å²) in [7, 11) is -3.80. The van der Waals surface area contributed by atoms with E-state index in [4.69, 9.17) is 21.3 Å². The van der Waals surface area contributed by atoms with Crippen LogP contribution in [0.5, 0.6) is 0 Å². The van der Waals surface area contributed by atoms with Gasteiger partial charge in [0.1, 0.15) is 0 Å². The monoisotopic (exact) mass is 477 g/mol. The van der Waals surface area contributed by atoms with Crippen molar-refractivity contribution in [2.75, 3.05) is 0 Å². The van der Waals surface area contributed by atoms with Crippen LogP contribution in [0.3, 0.4) is 0 Å². The Labute approximate surface area is 188 Å². The van der Waals surface area contributed by atoms with Gasteiger partial charge in [-0.1, -0.05) is 54.0 Å². The lowest BCUT2D eigenvalue weighted by Gasteiger charge is -2.07. The van der Waals surface area contributed by atoms with E-state index in [1.165, 1.54) is 23.9 Å². The van der Waals surface area contributed by atoms with Crippen molar-refractivity contribution in [3.63, 3.8) is 0 Å². The van der Waals surface area contributed by atoms with E-state index >= 15 is 0 Å². The van der Waals surface area contributed by atoms with Crippen LogP contribution < -0.4 is 5.14 Å². The molecule has 0 aliphatic rings. The van der Waals surface area contributed by atoms with E-state index in [1.807, 2.05) is 18.2 Å². The molecule has 11 heteroatoms. The van der Waals surface area contributed by atoms with Crippen LogP contribution >= 0.6 is 23.4 Å². The number of sulfonamides is 1. The zero-order valence-corrected chi connectivity index (χ0v) is 19.0. The number of primary sulfonamides is 1. The minimum absolute atomic E-state index is 0.0398. The predicted molar refractivity (Wildman–Crippen MR) is 120 cm³/mol. The molecule has 0 fully saturated rings. The Morgan fingerprint density at radius 3 is 2.74 bits per heavy atom. The van der Waals surface area contributed by atoms with Gasteiger partial charge >= 0.3 is 0 Å². The quantitative estimate of drug-likeness (QED) is 0.372. The molecule has 0 saturated carbocycles. The first-order valence-corrected chi connectivity index (χ1v) is 12.5. The summed E-state index contributed by atoms with van der Waals surface area (Å²) in [6.07, 6.45) is 1.98. The molecule has 0 spiro atoms. The highest BCUT2D eigenvalue weighted by Crippen LogP contribution is 2.30. The normalized spacial score (nSPS) is 12.0. The summed E-state index contributed by atoms with van der Waals surface area (Å²) in [5.74, 6) is 1.28. The summed E-state index contributed by atoms with van der Waals surface area (Å²) in [4.78, 5) is 9.10. The molecule has 31 heavy (non-hydrogen) atoms. The molecule has 0 amide bonds. The molecule has 8 nitrogen and oxygen atoms in total. The topological polar surface area (TPSA) is 117 Å². The van der Waals surface area contributed by atoms with Crippen molar-refractivity contribution in [2.24, 2.45) is 5.14 Å². The Bertz CT molecular complexity index is 1330. The molecule has 0 saturated heterocycles. The second-order valence-electron chi connectivity index (χ2n) is 6.88. The number of rotatable bonds is 8. The van der Waals surface area contributed by atoms with E-state index in [9.17, 15) is 8.42 Å². The number of benzene rings is 2. The van der Waals surface area contributed by atoms with Crippen molar-refractivity contribution in [3.8, 4) is 11.4 Å². The SMILES string of the molecule is CCCCn1c(SCc2nc(-c3ccccc3Cl)no2)nc2cc(S(N)(=O)=O)ccc21. The van der Waals surface area contributed by atoms with Crippen LogP contribution in [0.25, 0.3) is 22.4 Å². The highest BCUT2D eigenvalue weighted by Gasteiger charge is 2.17. The third kappa shape index (κ3) is 4.77. The average molecular weight is 478 g/mol. The number of imidazole rings is 1. The Morgan fingerprint density at radius 1 is 1.19 bits per heavy atom. The number of nitrogens with two attached hydrogens (primary N) is 1. The zero-order valence-electron chi connectivity index (χ0n) is 16.7. The van der Waals surface area contributed by atoms with Crippen LogP contribution in [0.2, 0.25) is 5.02 Å². The number of fused-ring (bicyclic) bond motifs is 1. The van der Waals surface area contributed by atoms with Gasteiger partial charge in [-0.15, -0.1) is 0 Å². The van der Waals surface area contributed by atoms with Gasteiger partial charge in [0.15, 0.2) is 5.16 Å². The van der Waals surface area contributed by atoms with Gasteiger partial charge in [0.05, 0.1) is 26.7 Å². The molecule has 162 valence electrons. The van der Waals surface area contributed by atoms with Crippen LogP contribution in [0, 0.1) is 0 Å². The third-order valence-electron chi connectivity index (χ3n) is 4.66. The van der Waals surface area contributed by atoms with E-state index in [-0.39, 0.29) is 4.90 Å². The Balaban J connectivity index is 1.61. The summed E-state index contributed by atoms with van der Waals surface area (Å²) in [5, 5.41) is 10.6. The van der Waals surface area contributed by atoms with Crippen molar-refractivity contribution in [1.82, 2.24) is 19.7 Å². The lowest BCUT2D eigenvalue weighted by atomic mass is 10.2. The molecule has 0 radical (unpaired) electrons. The molecule has 0 aliphatic carbocycles. The zero-order chi connectivity index (χ0) is 22.0. The van der Waals surface area contributed by atoms with Gasteiger partial charge in [0.2, 0.25) is 21.7 Å². The number of thioether (sulfide) groups is 1. The number of unbranched alkanes of at least 4 members (excludes halogenated alkanes) is 1. The van der Waals surface area contributed by atoms with Crippen LogP contribution in [0.15, 0.2) is 57.0 Å². The number of aromatic nitrogens is 4. The molecule has 2 aromatic carbocycles. The fourth-order valence-corrected chi connectivity index (χ4v) is 4.73. The Hall–Kier alpha value is -2.40. The van der Waals surface area contributed by atoms with Crippen molar-refractivity contribution in [3.05, 3.63) is 53.4 Å². The lowest BCUT2D eigenvalue weighted by molar-refractivity contribution is 0.391. The summed E-state index contributed by atoms with van der Waals surface area (Å²) >= 11 is 7.65. The molecule has 0 unspecified atom stereocenters. The van der Waals surface area contributed by atoms with Gasteiger partial charge < -0.3 is 9.09 Å². The molecule has 2 aromatic heterocycles. The first-order chi connectivity index (χ1) is 14.9. The van der Waals surface area contributed by atoms with Gasteiger partial charge in [-0.25, -0.2) is 18.5 Å². The van der Waals surface area contributed by atoms with Gasteiger partial charge in [-0.3, -0.25) is 0 Å². The fourth-order valence-electron chi connectivity index (χ4n) is 3.10. The maximum absolute atomic E-state index is 11.7. The maximum Gasteiger partial charge on any atom is 0.238 e. The van der Waals surface area contributed by atoms with E-state index < -0.39 is 10.0 Å². The van der Waals surface area contributed by atoms with Gasteiger partial charge in [0.25, 0.3) is 0 Å². The smallest absolute Gasteiger partial charge is 0.238 e. The van der Waals surface area contributed by atoms with E-state index in [1.54, 1.807) is 12.1 Å². The molecule has 2 heterocycles. The van der Waals surface area contributed by atoms with Crippen LogP contribution in [-0.4, -0.2) is 28.1 Å². The van der Waals surface area contributed by atoms with Gasteiger partial charge in [-0.05, 0) is 36.8 Å². The Morgan fingerprint density at radius 2 is 2.00 bits per heavy atom. The molecular formula is C20H20ClN5O3S2. The van der Waals surface area contributed by atoms with Crippen LogP contribution in [0.1, 0.15) is 25.7 Å². The summed E-state index contributed by atoms with van der Waals surface area (Å²) in [5.41, 5.74) is 2.13. The second-order valence-corrected chi connectivity index (χ2v) is 9.79.